The Morgan fingerprint density at radius 3 is 2.50 bits per heavy atom. The zero-order chi connectivity index (χ0) is 19.8. The average molecular weight is 398 g/mol. The Hall–Kier alpha value is -3.00. The summed E-state index contributed by atoms with van der Waals surface area (Å²) in [6.07, 6.45) is 3.35. The van der Waals surface area contributed by atoms with Gasteiger partial charge in [-0.25, -0.2) is 0 Å². The molecule has 3 aromatic rings. The Kier molecular flexibility index (Phi) is 6.91. The molecule has 1 aromatic carbocycles. The van der Waals surface area contributed by atoms with Gasteiger partial charge in [-0.05, 0) is 48.6 Å². The van der Waals surface area contributed by atoms with E-state index in [0.29, 0.717) is 47.2 Å². The van der Waals surface area contributed by atoms with Crippen LogP contribution in [0.3, 0.4) is 0 Å². The number of aryl methyl sites for hydroxylation is 2. The molecule has 0 bridgehead atoms. The molecule has 28 heavy (non-hydrogen) atoms. The second kappa shape index (κ2) is 9.80. The van der Waals surface area contributed by atoms with Gasteiger partial charge in [-0.2, -0.15) is 4.98 Å². The van der Waals surface area contributed by atoms with E-state index in [4.69, 9.17) is 4.52 Å². The minimum Gasteiger partial charge on any atom is -0.339 e. The smallest absolute Gasteiger partial charge is 0.265 e. The minimum atomic E-state index is -0.144. The van der Waals surface area contributed by atoms with Crippen molar-refractivity contribution in [1.29, 1.82) is 0 Å². The van der Waals surface area contributed by atoms with Crippen LogP contribution in [0, 0.1) is 0 Å². The van der Waals surface area contributed by atoms with Gasteiger partial charge in [0.05, 0.1) is 4.88 Å². The van der Waals surface area contributed by atoms with Crippen LogP contribution in [0.2, 0.25) is 0 Å². The first-order valence-electron chi connectivity index (χ1n) is 9.20. The zero-order valence-corrected chi connectivity index (χ0v) is 16.4. The van der Waals surface area contributed by atoms with Gasteiger partial charge < -0.3 is 15.2 Å². The Morgan fingerprint density at radius 1 is 1.07 bits per heavy atom. The summed E-state index contributed by atoms with van der Waals surface area (Å²) in [4.78, 5) is 29.0. The van der Waals surface area contributed by atoms with Crippen molar-refractivity contribution in [2.75, 3.05) is 10.6 Å². The SMILES string of the molecule is CCCc1noc(CCCC(=O)Nc2ccc(NC(=O)c3cccs3)cc2)n1. The van der Waals surface area contributed by atoms with Crippen molar-refractivity contribution >= 4 is 34.5 Å². The number of aromatic nitrogens is 2. The van der Waals surface area contributed by atoms with E-state index in [-0.39, 0.29) is 11.8 Å². The van der Waals surface area contributed by atoms with Gasteiger partial charge in [0.2, 0.25) is 11.8 Å². The number of anilines is 2. The van der Waals surface area contributed by atoms with Crippen LogP contribution in [0.25, 0.3) is 0 Å². The molecule has 0 saturated heterocycles. The predicted octanol–water partition coefficient (Wildman–Crippen LogP) is 4.30. The molecule has 2 heterocycles. The molecule has 0 spiro atoms. The fourth-order valence-corrected chi connectivity index (χ4v) is 3.20. The van der Waals surface area contributed by atoms with Crippen LogP contribution in [-0.4, -0.2) is 22.0 Å². The molecule has 2 aromatic heterocycles. The van der Waals surface area contributed by atoms with Crippen molar-refractivity contribution < 1.29 is 14.1 Å². The molecular formula is C20H22N4O3S. The van der Waals surface area contributed by atoms with E-state index in [9.17, 15) is 9.59 Å². The summed E-state index contributed by atoms with van der Waals surface area (Å²) in [6.45, 7) is 2.06. The Morgan fingerprint density at radius 2 is 1.82 bits per heavy atom. The van der Waals surface area contributed by atoms with Crippen molar-refractivity contribution in [3.63, 3.8) is 0 Å². The van der Waals surface area contributed by atoms with Crippen LogP contribution in [0.15, 0.2) is 46.3 Å². The van der Waals surface area contributed by atoms with Gasteiger partial charge >= 0.3 is 0 Å². The summed E-state index contributed by atoms with van der Waals surface area (Å²) in [5.74, 6) is 1.06. The standard InChI is InChI=1S/C20H22N4O3S/c1-2-5-17-23-19(27-24-17)8-3-7-18(25)21-14-9-11-15(12-10-14)22-20(26)16-6-4-13-28-16/h4,6,9-13H,2-3,5,7-8H2,1H3,(H,21,25)(H,22,26). The first-order chi connectivity index (χ1) is 13.6. The minimum absolute atomic E-state index is 0.0799. The summed E-state index contributed by atoms with van der Waals surface area (Å²) in [5, 5.41) is 11.4. The van der Waals surface area contributed by atoms with Gasteiger partial charge in [-0.1, -0.05) is 18.1 Å². The molecule has 0 unspecified atom stereocenters. The lowest BCUT2D eigenvalue weighted by Gasteiger charge is -2.07. The molecule has 0 atom stereocenters. The van der Waals surface area contributed by atoms with Crippen LogP contribution in [0.1, 0.15) is 47.6 Å². The lowest BCUT2D eigenvalue weighted by molar-refractivity contribution is -0.116. The maximum Gasteiger partial charge on any atom is 0.265 e. The van der Waals surface area contributed by atoms with Crippen LogP contribution in [0.5, 0.6) is 0 Å². The van der Waals surface area contributed by atoms with Crippen molar-refractivity contribution in [3.05, 3.63) is 58.4 Å². The largest absolute Gasteiger partial charge is 0.339 e. The van der Waals surface area contributed by atoms with E-state index in [1.807, 2.05) is 11.4 Å². The van der Waals surface area contributed by atoms with E-state index >= 15 is 0 Å². The molecule has 0 radical (unpaired) electrons. The van der Waals surface area contributed by atoms with Gasteiger partial charge in [-0.3, -0.25) is 9.59 Å². The number of hydrogen-bond acceptors (Lipinski definition) is 6. The zero-order valence-electron chi connectivity index (χ0n) is 15.6. The molecule has 8 heteroatoms. The normalized spacial score (nSPS) is 10.6. The number of carbonyl (C=O) groups is 2. The molecule has 0 fully saturated rings. The number of benzene rings is 1. The molecule has 2 amide bonds. The third-order valence-electron chi connectivity index (χ3n) is 3.95. The molecular weight excluding hydrogens is 376 g/mol. The maximum atomic E-state index is 12.1. The molecule has 146 valence electrons. The van der Waals surface area contributed by atoms with Crippen molar-refractivity contribution in [1.82, 2.24) is 10.1 Å². The number of nitrogens with one attached hydrogen (secondary N) is 2. The van der Waals surface area contributed by atoms with Gasteiger partial charge in [-0.15, -0.1) is 11.3 Å². The summed E-state index contributed by atoms with van der Waals surface area (Å²) in [5.41, 5.74) is 1.36. The van der Waals surface area contributed by atoms with E-state index in [0.717, 1.165) is 12.8 Å². The quantitative estimate of drug-likeness (QED) is 0.560. The Balaban J connectivity index is 1.41. The number of amides is 2. The molecule has 2 N–H and O–H groups in total. The number of rotatable bonds is 9. The second-order valence-electron chi connectivity index (χ2n) is 6.26. The van der Waals surface area contributed by atoms with Crippen LogP contribution >= 0.6 is 11.3 Å². The molecule has 3 rings (SSSR count). The lowest BCUT2D eigenvalue weighted by atomic mass is 10.2. The van der Waals surface area contributed by atoms with E-state index in [1.54, 1.807) is 30.3 Å². The summed E-state index contributed by atoms with van der Waals surface area (Å²) < 4.78 is 5.16. The van der Waals surface area contributed by atoms with Crippen LogP contribution in [-0.2, 0) is 17.6 Å². The highest BCUT2D eigenvalue weighted by atomic mass is 32.1. The molecule has 0 aliphatic heterocycles. The van der Waals surface area contributed by atoms with Gasteiger partial charge in [0.25, 0.3) is 5.91 Å². The lowest BCUT2D eigenvalue weighted by Crippen LogP contribution is -2.12. The molecule has 0 saturated carbocycles. The van der Waals surface area contributed by atoms with Gasteiger partial charge in [0, 0.05) is 30.6 Å². The molecule has 7 nitrogen and oxygen atoms in total. The van der Waals surface area contributed by atoms with Crippen molar-refractivity contribution in [2.24, 2.45) is 0 Å². The first-order valence-corrected chi connectivity index (χ1v) is 10.1. The number of thiophene rings is 1. The fraction of sp³-hybridized carbons (Fsp3) is 0.300. The maximum absolute atomic E-state index is 12.1. The van der Waals surface area contributed by atoms with Crippen molar-refractivity contribution in [2.45, 2.75) is 39.0 Å². The van der Waals surface area contributed by atoms with Gasteiger partial charge in [0.1, 0.15) is 0 Å². The third-order valence-corrected chi connectivity index (χ3v) is 4.82. The highest BCUT2D eigenvalue weighted by Gasteiger charge is 2.09. The third kappa shape index (κ3) is 5.75. The van der Waals surface area contributed by atoms with E-state index in [2.05, 4.69) is 27.7 Å². The molecule has 0 aliphatic rings. The summed E-state index contributed by atoms with van der Waals surface area (Å²) >= 11 is 1.39. The monoisotopic (exact) mass is 398 g/mol. The van der Waals surface area contributed by atoms with Gasteiger partial charge in [0.15, 0.2) is 5.82 Å². The predicted molar refractivity (Wildman–Crippen MR) is 109 cm³/mol. The van der Waals surface area contributed by atoms with E-state index < -0.39 is 0 Å². The number of hydrogen-bond donors (Lipinski definition) is 2. The van der Waals surface area contributed by atoms with Crippen LogP contribution < -0.4 is 10.6 Å². The summed E-state index contributed by atoms with van der Waals surface area (Å²) in [6, 6.07) is 10.6. The Bertz CT molecular complexity index is 904. The molecule has 0 aliphatic carbocycles. The van der Waals surface area contributed by atoms with Crippen LogP contribution in [0.4, 0.5) is 11.4 Å². The second-order valence-corrected chi connectivity index (χ2v) is 7.21. The highest BCUT2D eigenvalue weighted by molar-refractivity contribution is 7.12. The number of carbonyl (C=O) groups excluding carboxylic acids is 2. The number of nitrogens with zero attached hydrogens (tertiary/aromatic N) is 2. The topological polar surface area (TPSA) is 97.1 Å². The Labute approximate surface area is 167 Å². The van der Waals surface area contributed by atoms with Crippen molar-refractivity contribution in [3.8, 4) is 0 Å². The highest BCUT2D eigenvalue weighted by Crippen LogP contribution is 2.17. The van der Waals surface area contributed by atoms with E-state index in [1.165, 1.54) is 11.3 Å². The fourth-order valence-electron chi connectivity index (χ4n) is 2.58. The first kappa shape index (κ1) is 19.8. The average Bonchev–Trinajstić information content (AvgIpc) is 3.36. The summed E-state index contributed by atoms with van der Waals surface area (Å²) in [7, 11) is 0.